The van der Waals surface area contributed by atoms with Crippen LogP contribution in [0.15, 0.2) is 0 Å². The molecule has 5 nitrogen and oxygen atoms in total. The molecule has 0 bridgehead atoms. The van der Waals surface area contributed by atoms with Gasteiger partial charge < -0.3 is 14.8 Å². The highest BCUT2D eigenvalue weighted by molar-refractivity contribution is 5.85. The van der Waals surface area contributed by atoms with Gasteiger partial charge in [0, 0.05) is 13.0 Å². The van der Waals surface area contributed by atoms with Gasteiger partial charge in [-0.3, -0.25) is 9.59 Å². The van der Waals surface area contributed by atoms with E-state index in [4.69, 9.17) is 4.74 Å². The van der Waals surface area contributed by atoms with Gasteiger partial charge in [0.05, 0.1) is 13.0 Å². The van der Waals surface area contributed by atoms with Gasteiger partial charge >= 0.3 is 11.9 Å². The number of methoxy groups -OCH3 is 1. The second-order valence-electron chi connectivity index (χ2n) is 3.93. The molecule has 0 spiro atoms. The molecule has 0 aromatic rings. The molecule has 0 amide bonds. The van der Waals surface area contributed by atoms with E-state index < -0.39 is 0 Å². The largest absolute Gasteiger partial charge is 0.468 e. The van der Waals surface area contributed by atoms with E-state index in [1.54, 1.807) is 13.8 Å². The molecule has 0 aromatic heterocycles. The van der Waals surface area contributed by atoms with Crippen molar-refractivity contribution >= 4 is 24.3 Å². The van der Waals surface area contributed by atoms with Crippen molar-refractivity contribution < 1.29 is 19.1 Å². The van der Waals surface area contributed by atoms with Crippen molar-refractivity contribution in [2.45, 2.75) is 32.4 Å². The SMILES string of the molecule is COC(=O)[C@@H]1C[C@H](OC(=O)C(C)C)CN1.Cl. The van der Waals surface area contributed by atoms with E-state index in [0.29, 0.717) is 13.0 Å². The van der Waals surface area contributed by atoms with Crippen molar-refractivity contribution in [1.82, 2.24) is 5.32 Å². The van der Waals surface area contributed by atoms with Crippen LogP contribution in [0, 0.1) is 5.92 Å². The summed E-state index contributed by atoms with van der Waals surface area (Å²) in [5.41, 5.74) is 0. The van der Waals surface area contributed by atoms with Crippen LogP contribution in [0.1, 0.15) is 20.3 Å². The second-order valence-corrected chi connectivity index (χ2v) is 3.93. The molecule has 16 heavy (non-hydrogen) atoms. The van der Waals surface area contributed by atoms with Crippen LogP contribution < -0.4 is 5.32 Å². The van der Waals surface area contributed by atoms with Gasteiger partial charge in [0.1, 0.15) is 12.1 Å². The summed E-state index contributed by atoms with van der Waals surface area (Å²) >= 11 is 0. The Morgan fingerprint density at radius 1 is 1.38 bits per heavy atom. The Kier molecular flexibility index (Phi) is 6.36. The van der Waals surface area contributed by atoms with Crippen LogP contribution in [0.2, 0.25) is 0 Å². The molecule has 0 radical (unpaired) electrons. The molecule has 1 heterocycles. The van der Waals surface area contributed by atoms with Crippen LogP contribution in [-0.2, 0) is 19.1 Å². The van der Waals surface area contributed by atoms with Crippen LogP contribution >= 0.6 is 12.4 Å². The lowest BCUT2D eigenvalue weighted by Gasteiger charge is -2.12. The van der Waals surface area contributed by atoms with E-state index in [1.807, 2.05) is 0 Å². The summed E-state index contributed by atoms with van der Waals surface area (Å²) in [5, 5.41) is 2.95. The second kappa shape index (κ2) is 6.70. The third-order valence-electron chi connectivity index (χ3n) is 2.33. The molecule has 1 aliphatic heterocycles. The lowest BCUT2D eigenvalue weighted by atomic mass is 10.2. The first kappa shape index (κ1) is 15.2. The fourth-order valence-electron chi connectivity index (χ4n) is 1.42. The van der Waals surface area contributed by atoms with E-state index in [2.05, 4.69) is 10.1 Å². The molecule has 0 saturated carbocycles. The molecule has 6 heteroatoms. The molecule has 94 valence electrons. The van der Waals surface area contributed by atoms with E-state index in [9.17, 15) is 9.59 Å². The Bertz CT molecular complexity index is 257. The van der Waals surface area contributed by atoms with Crippen molar-refractivity contribution in [1.29, 1.82) is 0 Å². The highest BCUT2D eigenvalue weighted by Gasteiger charge is 2.32. The predicted octanol–water partition coefficient (Wildman–Crippen LogP) is 0.511. The van der Waals surface area contributed by atoms with Crippen LogP contribution in [-0.4, -0.2) is 37.7 Å². The van der Waals surface area contributed by atoms with E-state index in [0.717, 1.165) is 0 Å². The molecular formula is C10H18ClNO4. The average molecular weight is 252 g/mol. The van der Waals surface area contributed by atoms with Gasteiger partial charge in [-0.1, -0.05) is 13.8 Å². The van der Waals surface area contributed by atoms with Crippen molar-refractivity contribution in [2.24, 2.45) is 5.92 Å². The molecule has 2 atom stereocenters. The molecule has 1 rings (SSSR count). The van der Waals surface area contributed by atoms with Gasteiger partial charge in [0.25, 0.3) is 0 Å². The molecule has 1 aliphatic rings. The Morgan fingerprint density at radius 2 is 2.00 bits per heavy atom. The quantitative estimate of drug-likeness (QED) is 0.741. The van der Waals surface area contributed by atoms with Crippen LogP contribution in [0.5, 0.6) is 0 Å². The summed E-state index contributed by atoms with van der Waals surface area (Å²) in [6, 6.07) is -0.347. The number of esters is 2. The standard InChI is InChI=1S/C10H17NO4.ClH/c1-6(2)9(12)15-7-4-8(11-5-7)10(13)14-3;/h6-8,11H,4-5H2,1-3H3;1H/t7-,8-;/m0./s1. The van der Waals surface area contributed by atoms with Gasteiger partial charge in [-0.15, -0.1) is 12.4 Å². The zero-order valence-electron chi connectivity index (χ0n) is 9.69. The Morgan fingerprint density at radius 3 is 2.50 bits per heavy atom. The number of hydrogen-bond acceptors (Lipinski definition) is 5. The number of ether oxygens (including phenoxy) is 2. The lowest BCUT2D eigenvalue weighted by Crippen LogP contribution is -2.31. The third-order valence-corrected chi connectivity index (χ3v) is 2.33. The molecule has 1 N–H and O–H groups in total. The summed E-state index contributed by atoms with van der Waals surface area (Å²) in [6.07, 6.45) is 0.273. The Labute approximate surface area is 101 Å². The Hall–Kier alpha value is -0.810. The number of carbonyl (C=O) groups is 2. The van der Waals surface area contributed by atoms with Gasteiger partial charge in [-0.05, 0) is 0 Å². The normalized spacial score (nSPS) is 23.8. The fraction of sp³-hybridized carbons (Fsp3) is 0.800. The topological polar surface area (TPSA) is 64.6 Å². The lowest BCUT2D eigenvalue weighted by molar-refractivity contribution is -0.152. The minimum atomic E-state index is -0.347. The molecular weight excluding hydrogens is 234 g/mol. The number of carbonyl (C=O) groups excluding carboxylic acids is 2. The number of hydrogen-bond donors (Lipinski definition) is 1. The maximum atomic E-state index is 11.3. The number of nitrogens with one attached hydrogen (secondary N) is 1. The monoisotopic (exact) mass is 251 g/mol. The summed E-state index contributed by atoms with van der Waals surface area (Å²) in [4.78, 5) is 22.4. The molecule has 0 unspecified atom stereocenters. The smallest absolute Gasteiger partial charge is 0.323 e. The zero-order valence-corrected chi connectivity index (χ0v) is 10.5. The first-order chi connectivity index (χ1) is 7.04. The highest BCUT2D eigenvalue weighted by Crippen LogP contribution is 2.13. The van der Waals surface area contributed by atoms with Crippen molar-refractivity contribution in [3.8, 4) is 0 Å². The third kappa shape index (κ3) is 3.98. The summed E-state index contributed by atoms with van der Waals surface area (Å²) in [6.45, 7) is 4.07. The van der Waals surface area contributed by atoms with E-state index in [-0.39, 0.29) is 42.4 Å². The predicted molar refractivity (Wildman–Crippen MR) is 60.4 cm³/mol. The van der Waals surface area contributed by atoms with Crippen molar-refractivity contribution in [2.75, 3.05) is 13.7 Å². The highest BCUT2D eigenvalue weighted by atomic mass is 35.5. The Balaban J connectivity index is 0.00000225. The van der Waals surface area contributed by atoms with Gasteiger partial charge in [-0.2, -0.15) is 0 Å². The molecule has 0 aromatic carbocycles. The van der Waals surface area contributed by atoms with Gasteiger partial charge in [-0.25, -0.2) is 0 Å². The summed E-state index contributed by atoms with van der Waals surface area (Å²) in [7, 11) is 1.34. The first-order valence-corrected chi connectivity index (χ1v) is 5.06. The van der Waals surface area contributed by atoms with Gasteiger partial charge in [0.2, 0.25) is 0 Å². The van der Waals surface area contributed by atoms with E-state index in [1.165, 1.54) is 7.11 Å². The molecule has 1 saturated heterocycles. The van der Waals surface area contributed by atoms with Crippen LogP contribution in [0.4, 0.5) is 0 Å². The molecule has 1 fully saturated rings. The summed E-state index contributed by atoms with van der Waals surface area (Å²) in [5.74, 6) is -0.674. The minimum absolute atomic E-state index is 0. The minimum Gasteiger partial charge on any atom is -0.468 e. The number of halogens is 1. The maximum absolute atomic E-state index is 11.3. The van der Waals surface area contributed by atoms with Crippen molar-refractivity contribution in [3.05, 3.63) is 0 Å². The van der Waals surface area contributed by atoms with E-state index >= 15 is 0 Å². The summed E-state index contributed by atoms with van der Waals surface area (Å²) < 4.78 is 9.78. The van der Waals surface area contributed by atoms with Crippen LogP contribution in [0.25, 0.3) is 0 Å². The average Bonchev–Trinajstić information content (AvgIpc) is 2.65. The van der Waals surface area contributed by atoms with Gasteiger partial charge in [0.15, 0.2) is 0 Å². The van der Waals surface area contributed by atoms with Crippen molar-refractivity contribution in [3.63, 3.8) is 0 Å². The number of rotatable bonds is 3. The van der Waals surface area contributed by atoms with Crippen LogP contribution in [0.3, 0.4) is 0 Å². The zero-order chi connectivity index (χ0) is 11.4. The fourth-order valence-corrected chi connectivity index (χ4v) is 1.42. The molecule has 0 aliphatic carbocycles. The maximum Gasteiger partial charge on any atom is 0.323 e. The first-order valence-electron chi connectivity index (χ1n) is 5.06.